The minimum absolute atomic E-state index is 0.368. The maximum absolute atomic E-state index is 13.1. The van der Waals surface area contributed by atoms with Crippen molar-refractivity contribution >= 4 is 10.8 Å². The molecule has 152 valence electrons. The van der Waals surface area contributed by atoms with Gasteiger partial charge in [-0.1, -0.05) is 62.2 Å². The van der Waals surface area contributed by atoms with Gasteiger partial charge in [-0.3, -0.25) is 0 Å². The Morgan fingerprint density at radius 1 is 1.07 bits per heavy atom. The molecule has 0 heterocycles. The molecule has 0 unspecified atom stereocenters. The van der Waals surface area contributed by atoms with Crippen molar-refractivity contribution in [3.05, 3.63) is 53.6 Å². The first-order valence-electron chi connectivity index (χ1n) is 10.8. The lowest BCUT2D eigenvalue weighted by Gasteiger charge is -2.27. The van der Waals surface area contributed by atoms with Crippen molar-refractivity contribution in [2.75, 3.05) is 0 Å². The quantitative estimate of drug-likeness (QED) is 0.330. The molecule has 3 heteroatoms. The molecule has 0 radical (unpaired) electrons. The van der Waals surface area contributed by atoms with Crippen LogP contribution in [0, 0.1) is 5.92 Å². The molecule has 1 fully saturated rings. The summed E-state index contributed by atoms with van der Waals surface area (Å²) in [5.41, 5.74) is 2.22. The number of hydrogen-bond donors (Lipinski definition) is 0. The molecule has 0 spiro atoms. The van der Waals surface area contributed by atoms with E-state index >= 15 is 0 Å². The topological polar surface area (TPSA) is 9.23 Å². The third-order valence-corrected chi connectivity index (χ3v) is 6.04. The molecule has 3 rings (SSSR count). The lowest BCUT2D eigenvalue weighted by atomic mass is 9.78. The molecule has 0 aromatic heterocycles. The fourth-order valence-corrected chi connectivity index (χ4v) is 4.53. The van der Waals surface area contributed by atoms with E-state index in [1.165, 1.54) is 31.2 Å². The Morgan fingerprint density at radius 3 is 2.54 bits per heavy atom. The molecule has 1 nitrogen and oxygen atoms in total. The average molecular weight is 387 g/mol. The van der Waals surface area contributed by atoms with Gasteiger partial charge in [-0.15, -0.1) is 0 Å². The zero-order valence-corrected chi connectivity index (χ0v) is 17.1. The van der Waals surface area contributed by atoms with Gasteiger partial charge in [-0.25, -0.2) is 0 Å². The number of hydrogen-bond acceptors (Lipinski definition) is 1. The van der Waals surface area contributed by atoms with Gasteiger partial charge in [0.1, 0.15) is 5.75 Å². The molecule has 0 amide bonds. The van der Waals surface area contributed by atoms with Gasteiger partial charge in [-0.05, 0) is 73.8 Å². The van der Waals surface area contributed by atoms with E-state index in [1.807, 2.05) is 12.1 Å². The summed E-state index contributed by atoms with van der Waals surface area (Å²) in [6.45, 7) is 1.44. The van der Waals surface area contributed by atoms with Gasteiger partial charge in [0.2, 0.25) is 0 Å². The summed E-state index contributed by atoms with van der Waals surface area (Å²) in [7, 11) is 0. The summed E-state index contributed by atoms with van der Waals surface area (Å²) in [4.78, 5) is 0. The summed E-state index contributed by atoms with van der Waals surface area (Å²) in [5, 5.41) is 1.81. The fraction of sp³-hybridized carbons (Fsp3) is 0.520. The highest BCUT2D eigenvalue weighted by Crippen LogP contribution is 2.39. The van der Waals surface area contributed by atoms with Crippen LogP contribution >= 0.6 is 0 Å². The van der Waals surface area contributed by atoms with E-state index in [4.69, 9.17) is 4.74 Å². The molecule has 28 heavy (non-hydrogen) atoms. The van der Waals surface area contributed by atoms with Gasteiger partial charge in [0.15, 0.2) is 0 Å². The van der Waals surface area contributed by atoms with E-state index in [0.717, 1.165) is 42.0 Å². The molecular formula is C25H32F2O. The van der Waals surface area contributed by atoms with Crippen molar-refractivity contribution in [1.82, 2.24) is 0 Å². The molecule has 0 aliphatic heterocycles. The number of ether oxygens (including phenoxy) is 1. The number of benzene rings is 2. The maximum Gasteiger partial charge on any atom is 0.387 e. The molecule has 0 saturated heterocycles. The van der Waals surface area contributed by atoms with Gasteiger partial charge in [-0.2, -0.15) is 8.78 Å². The molecule has 0 bridgehead atoms. The number of halogens is 2. The van der Waals surface area contributed by atoms with Crippen LogP contribution in [0.4, 0.5) is 8.78 Å². The minimum atomic E-state index is -2.79. The van der Waals surface area contributed by atoms with Crippen LogP contribution in [0.2, 0.25) is 0 Å². The molecular weight excluding hydrogens is 354 g/mol. The van der Waals surface area contributed by atoms with Crippen LogP contribution in [-0.2, 0) is 6.42 Å². The summed E-state index contributed by atoms with van der Waals surface area (Å²) in [6.07, 6.45) is 13.3. The van der Waals surface area contributed by atoms with Crippen LogP contribution in [0.25, 0.3) is 10.8 Å². The Labute approximate surface area is 167 Å². The number of rotatable bonds is 8. The standard InChI is InChI=1S/C25H32F2O/c1-3-5-6-8-20-13-14-22-17-21(15-16-23(22)24(20)28-25(26)27)19-11-9-18(7-4-2)10-12-19/h4,7,13-19,25H,3,5-6,8-12H2,1-2H3/b7-4+. The minimum Gasteiger partial charge on any atom is -0.434 e. The third-order valence-electron chi connectivity index (χ3n) is 6.04. The van der Waals surface area contributed by atoms with Gasteiger partial charge >= 0.3 is 6.61 Å². The van der Waals surface area contributed by atoms with Crippen molar-refractivity contribution in [3.8, 4) is 5.75 Å². The zero-order chi connectivity index (χ0) is 19.9. The molecule has 1 aliphatic rings. The second-order valence-electron chi connectivity index (χ2n) is 8.01. The molecule has 2 aromatic carbocycles. The van der Waals surface area contributed by atoms with Crippen molar-refractivity contribution < 1.29 is 13.5 Å². The molecule has 0 atom stereocenters. The highest BCUT2D eigenvalue weighted by Gasteiger charge is 2.22. The van der Waals surface area contributed by atoms with Crippen molar-refractivity contribution in [1.29, 1.82) is 0 Å². The summed E-state index contributed by atoms with van der Waals surface area (Å²) in [5.74, 6) is 1.64. The van der Waals surface area contributed by atoms with Crippen molar-refractivity contribution in [3.63, 3.8) is 0 Å². The summed E-state index contributed by atoms with van der Waals surface area (Å²) < 4.78 is 31.1. The molecule has 1 aliphatic carbocycles. The largest absolute Gasteiger partial charge is 0.434 e. The Balaban J connectivity index is 1.84. The molecule has 0 N–H and O–H groups in total. The van der Waals surface area contributed by atoms with Crippen molar-refractivity contribution in [2.45, 2.75) is 77.7 Å². The van der Waals surface area contributed by atoms with Crippen LogP contribution in [0.3, 0.4) is 0 Å². The van der Waals surface area contributed by atoms with Crippen LogP contribution < -0.4 is 4.74 Å². The van der Waals surface area contributed by atoms with Gasteiger partial charge in [0.05, 0.1) is 0 Å². The van der Waals surface area contributed by atoms with Gasteiger partial charge < -0.3 is 4.74 Å². The smallest absolute Gasteiger partial charge is 0.387 e. The highest BCUT2D eigenvalue weighted by atomic mass is 19.3. The first-order valence-corrected chi connectivity index (χ1v) is 10.8. The van der Waals surface area contributed by atoms with E-state index in [9.17, 15) is 8.78 Å². The number of alkyl halides is 2. The Morgan fingerprint density at radius 2 is 1.86 bits per heavy atom. The SMILES string of the molecule is C/C=C/C1CCC(c2ccc3c(OC(F)F)c(CCCCC)ccc3c2)CC1. The van der Waals surface area contributed by atoms with Crippen LogP contribution in [-0.4, -0.2) is 6.61 Å². The van der Waals surface area contributed by atoms with Gasteiger partial charge in [0.25, 0.3) is 0 Å². The van der Waals surface area contributed by atoms with E-state index in [-0.39, 0.29) is 0 Å². The van der Waals surface area contributed by atoms with E-state index < -0.39 is 6.61 Å². The number of fused-ring (bicyclic) bond motifs is 1. The summed E-state index contributed by atoms with van der Waals surface area (Å²) in [6, 6.07) is 10.3. The summed E-state index contributed by atoms with van der Waals surface area (Å²) >= 11 is 0. The molecule has 2 aromatic rings. The normalized spacial score (nSPS) is 20.3. The second kappa shape index (κ2) is 10.0. The van der Waals surface area contributed by atoms with Gasteiger partial charge in [0, 0.05) is 5.39 Å². The first kappa shape index (κ1) is 20.8. The van der Waals surface area contributed by atoms with Crippen LogP contribution in [0.15, 0.2) is 42.5 Å². The highest BCUT2D eigenvalue weighted by molar-refractivity contribution is 5.90. The van der Waals surface area contributed by atoms with E-state index in [2.05, 4.69) is 44.2 Å². The third kappa shape index (κ3) is 5.12. The van der Waals surface area contributed by atoms with E-state index in [0.29, 0.717) is 17.6 Å². The van der Waals surface area contributed by atoms with Crippen LogP contribution in [0.1, 0.15) is 75.8 Å². The number of allylic oxidation sites excluding steroid dienone is 2. The first-order chi connectivity index (χ1) is 13.6. The Kier molecular flexibility index (Phi) is 7.47. The fourth-order valence-electron chi connectivity index (χ4n) is 4.53. The number of unbranched alkanes of at least 4 members (excludes halogenated alkanes) is 2. The Bertz CT molecular complexity index is 788. The van der Waals surface area contributed by atoms with E-state index in [1.54, 1.807) is 0 Å². The maximum atomic E-state index is 13.1. The second-order valence-corrected chi connectivity index (χ2v) is 8.01. The monoisotopic (exact) mass is 386 g/mol. The predicted molar refractivity (Wildman–Crippen MR) is 113 cm³/mol. The molecule has 1 saturated carbocycles. The Hall–Kier alpha value is -1.90. The predicted octanol–water partition coefficient (Wildman–Crippen LogP) is 8.02. The van der Waals surface area contributed by atoms with Crippen molar-refractivity contribution in [2.24, 2.45) is 5.92 Å². The average Bonchev–Trinajstić information content (AvgIpc) is 2.70. The zero-order valence-electron chi connectivity index (χ0n) is 17.1. The van der Waals surface area contributed by atoms with Crippen LogP contribution in [0.5, 0.6) is 5.75 Å². The number of aryl methyl sites for hydroxylation is 1. The lowest BCUT2D eigenvalue weighted by molar-refractivity contribution is -0.0493. The lowest BCUT2D eigenvalue weighted by Crippen LogP contribution is -2.11.